The van der Waals surface area contributed by atoms with Crippen LogP contribution in [0, 0.1) is 11.3 Å². The van der Waals surface area contributed by atoms with Crippen molar-refractivity contribution >= 4 is 23.0 Å². The summed E-state index contributed by atoms with van der Waals surface area (Å²) in [7, 11) is 0. The minimum Gasteiger partial charge on any atom is -0.381 e. The fourth-order valence-corrected chi connectivity index (χ4v) is 2.15. The number of ether oxygens (including phenoxy) is 1. The minimum absolute atomic E-state index is 0.355. The molecule has 0 unspecified atom stereocenters. The van der Waals surface area contributed by atoms with Crippen LogP contribution in [0.4, 0.5) is 5.69 Å². The molecular weight excluding hydrogens is 246 g/mol. The summed E-state index contributed by atoms with van der Waals surface area (Å²) < 4.78 is 5.29. The molecule has 0 bridgehead atoms. The molecule has 2 N–H and O–H groups in total. The number of hydrogen-bond donors (Lipinski definition) is 2. The molecule has 18 heavy (non-hydrogen) atoms. The molecule has 4 nitrogen and oxygen atoms in total. The summed E-state index contributed by atoms with van der Waals surface area (Å²) in [5.41, 5.74) is 1.33. The lowest BCUT2D eigenvalue weighted by molar-refractivity contribution is 0.0826. The lowest BCUT2D eigenvalue weighted by atomic mass is 10.1. The van der Waals surface area contributed by atoms with Crippen LogP contribution in [-0.4, -0.2) is 24.4 Å². The zero-order chi connectivity index (χ0) is 12.8. The van der Waals surface area contributed by atoms with E-state index >= 15 is 0 Å². The van der Waals surface area contributed by atoms with E-state index in [1.165, 1.54) is 0 Å². The maximum absolute atomic E-state index is 8.98. The Hall–Kier alpha value is -1.64. The number of rotatable bonds is 2. The number of benzene rings is 1. The van der Waals surface area contributed by atoms with Crippen LogP contribution in [-0.2, 0) is 4.74 Å². The van der Waals surface area contributed by atoms with Gasteiger partial charge in [-0.3, -0.25) is 0 Å². The lowest BCUT2D eigenvalue weighted by Crippen LogP contribution is -2.41. The van der Waals surface area contributed by atoms with Crippen molar-refractivity contribution in [2.45, 2.75) is 18.9 Å². The quantitative estimate of drug-likeness (QED) is 0.798. The fraction of sp³-hybridized carbons (Fsp3) is 0.385. The second kappa shape index (κ2) is 6.34. The molecule has 0 spiro atoms. The third kappa shape index (κ3) is 3.42. The Kier molecular flexibility index (Phi) is 4.51. The Morgan fingerprint density at radius 2 is 2.06 bits per heavy atom. The highest BCUT2D eigenvalue weighted by molar-refractivity contribution is 7.80. The topological polar surface area (TPSA) is 57.1 Å². The molecule has 1 aromatic rings. The number of para-hydroxylation sites is 1. The molecule has 2 rings (SSSR count). The van der Waals surface area contributed by atoms with Gasteiger partial charge in [-0.05, 0) is 37.2 Å². The molecule has 0 saturated carbocycles. The van der Waals surface area contributed by atoms with Gasteiger partial charge < -0.3 is 15.4 Å². The highest BCUT2D eigenvalue weighted by atomic mass is 32.1. The van der Waals surface area contributed by atoms with Gasteiger partial charge in [-0.1, -0.05) is 12.1 Å². The van der Waals surface area contributed by atoms with Gasteiger partial charge in [-0.25, -0.2) is 0 Å². The summed E-state index contributed by atoms with van der Waals surface area (Å²) in [5, 5.41) is 15.9. The number of hydrogen-bond acceptors (Lipinski definition) is 3. The van der Waals surface area contributed by atoms with Crippen molar-refractivity contribution in [3.05, 3.63) is 29.8 Å². The summed E-state index contributed by atoms with van der Waals surface area (Å²) in [6, 6.07) is 9.80. The van der Waals surface area contributed by atoms with Gasteiger partial charge in [-0.2, -0.15) is 5.26 Å². The molecule has 1 aliphatic heterocycles. The maximum Gasteiger partial charge on any atom is 0.171 e. The van der Waals surface area contributed by atoms with Gasteiger partial charge in [0.2, 0.25) is 0 Å². The van der Waals surface area contributed by atoms with E-state index < -0.39 is 0 Å². The summed E-state index contributed by atoms with van der Waals surface area (Å²) in [6.07, 6.45) is 1.92. The van der Waals surface area contributed by atoms with Crippen molar-refractivity contribution in [1.82, 2.24) is 5.32 Å². The average molecular weight is 261 g/mol. The second-order valence-electron chi connectivity index (χ2n) is 4.14. The summed E-state index contributed by atoms with van der Waals surface area (Å²) >= 11 is 5.25. The Balaban J connectivity index is 1.92. The molecule has 0 atom stereocenters. The Labute approximate surface area is 112 Å². The molecule has 1 aliphatic rings. The van der Waals surface area contributed by atoms with Gasteiger partial charge in [-0.15, -0.1) is 0 Å². The highest BCUT2D eigenvalue weighted by Gasteiger charge is 2.14. The van der Waals surface area contributed by atoms with Gasteiger partial charge in [0.1, 0.15) is 6.07 Å². The SMILES string of the molecule is N#Cc1ccccc1NC(=S)NC1CCOCC1. The van der Waals surface area contributed by atoms with Crippen LogP contribution < -0.4 is 10.6 Å². The average Bonchev–Trinajstić information content (AvgIpc) is 2.40. The first-order valence-corrected chi connectivity index (χ1v) is 6.35. The predicted molar refractivity (Wildman–Crippen MR) is 74.4 cm³/mol. The number of thiocarbonyl (C=S) groups is 1. The first-order valence-electron chi connectivity index (χ1n) is 5.94. The molecule has 94 valence electrons. The van der Waals surface area contributed by atoms with Crippen molar-refractivity contribution in [3.8, 4) is 6.07 Å². The monoisotopic (exact) mass is 261 g/mol. The van der Waals surface area contributed by atoms with Gasteiger partial charge in [0, 0.05) is 19.3 Å². The molecule has 0 amide bonds. The van der Waals surface area contributed by atoms with E-state index in [1.54, 1.807) is 6.07 Å². The fourth-order valence-electron chi connectivity index (χ4n) is 1.88. The number of nitrogens with zero attached hydrogens (tertiary/aromatic N) is 1. The Morgan fingerprint density at radius 3 is 2.78 bits per heavy atom. The van der Waals surface area contributed by atoms with Crippen LogP contribution in [0.15, 0.2) is 24.3 Å². The number of nitrogens with one attached hydrogen (secondary N) is 2. The van der Waals surface area contributed by atoms with E-state index in [0.29, 0.717) is 16.7 Å². The van der Waals surface area contributed by atoms with E-state index in [2.05, 4.69) is 16.7 Å². The van der Waals surface area contributed by atoms with E-state index in [9.17, 15) is 0 Å². The van der Waals surface area contributed by atoms with Crippen molar-refractivity contribution in [3.63, 3.8) is 0 Å². The van der Waals surface area contributed by atoms with Gasteiger partial charge in [0.15, 0.2) is 5.11 Å². The Bertz CT molecular complexity index is 464. The van der Waals surface area contributed by atoms with E-state index in [0.717, 1.165) is 31.7 Å². The van der Waals surface area contributed by atoms with Crippen LogP contribution in [0.1, 0.15) is 18.4 Å². The standard InChI is InChI=1S/C13H15N3OS/c14-9-10-3-1-2-4-12(10)16-13(18)15-11-5-7-17-8-6-11/h1-4,11H,5-8H2,(H2,15,16,18). The summed E-state index contributed by atoms with van der Waals surface area (Å²) in [6.45, 7) is 1.55. The van der Waals surface area contributed by atoms with Crippen molar-refractivity contribution in [2.24, 2.45) is 0 Å². The highest BCUT2D eigenvalue weighted by Crippen LogP contribution is 2.14. The first kappa shape index (κ1) is 12.8. The van der Waals surface area contributed by atoms with Crippen LogP contribution in [0.5, 0.6) is 0 Å². The molecule has 1 heterocycles. The van der Waals surface area contributed by atoms with E-state index in [-0.39, 0.29) is 0 Å². The van der Waals surface area contributed by atoms with E-state index in [1.807, 2.05) is 18.2 Å². The van der Waals surface area contributed by atoms with E-state index in [4.69, 9.17) is 22.2 Å². The molecule has 1 aromatic carbocycles. The predicted octanol–water partition coefficient (Wildman–Crippen LogP) is 2.02. The minimum atomic E-state index is 0.355. The van der Waals surface area contributed by atoms with Crippen LogP contribution >= 0.6 is 12.2 Å². The molecular formula is C13H15N3OS. The molecule has 0 aliphatic carbocycles. The van der Waals surface area contributed by atoms with Gasteiger partial charge in [0.25, 0.3) is 0 Å². The Morgan fingerprint density at radius 1 is 1.33 bits per heavy atom. The molecule has 1 saturated heterocycles. The lowest BCUT2D eigenvalue weighted by Gasteiger charge is -2.24. The molecule has 0 aromatic heterocycles. The van der Waals surface area contributed by atoms with Gasteiger partial charge >= 0.3 is 0 Å². The normalized spacial score (nSPS) is 15.7. The zero-order valence-corrected chi connectivity index (χ0v) is 10.8. The van der Waals surface area contributed by atoms with Crippen LogP contribution in [0.2, 0.25) is 0 Å². The van der Waals surface area contributed by atoms with Crippen LogP contribution in [0.3, 0.4) is 0 Å². The summed E-state index contributed by atoms with van der Waals surface area (Å²) in [4.78, 5) is 0. The summed E-state index contributed by atoms with van der Waals surface area (Å²) in [5.74, 6) is 0. The molecule has 5 heteroatoms. The third-order valence-electron chi connectivity index (χ3n) is 2.85. The second-order valence-corrected chi connectivity index (χ2v) is 4.55. The third-order valence-corrected chi connectivity index (χ3v) is 3.07. The molecule has 1 fully saturated rings. The van der Waals surface area contributed by atoms with Crippen molar-refractivity contribution in [2.75, 3.05) is 18.5 Å². The molecule has 0 radical (unpaired) electrons. The van der Waals surface area contributed by atoms with Gasteiger partial charge in [0.05, 0.1) is 11.3 Å². The van der Waals surface area contributed by atoms with Crippen LogP contribution in [0.25, 0.3) is 0 Å². The number of anilines is 1. The first-order chi connectivity index (χ1) is 8.79. The maximum atomic E-state index is 8.98. The van der Waals surface area contributed by atoms with Crippen molar-refractivity contribution < 1.29 is 4.74 Å². The van der Waals surface area contributed by atoms with Crippen molar-refractivity contribution in [1.29, 1.82) is 5.26 Å². The zero-order valence-electron chi connectivity index (χ0n) is 9.98. The largest absolute Gasteiger partial charge is 0.381 e. The number of nitriles is 1. The smallest absolute Gasteiger partial charge is 0.171 e.